The third-order valence-corrected chi connectivity index (χ3v) is 5.25. The van der Waals surface area contributed by atoms with E-state index in [4.69, 9.17) is 0 Å². The fourth-order valence-corrected chi connectivity index (χ4v) is 3.45. The highest BCUT2D eigenvalue weighted by Gasteiger charge is 2.38. The predicted octanol–water partition coefficient (Wildman–Crippen LogP) is 4.44. The van der Waals surface area contributed by atoms with E-state index in [1.165, 1.54) is 0 Å². The molecule has 0 saturated heterocycles. The molecule has 0 spiro atoms. The molecule has 0 bridgehead atoms. The van der Waals surface area contributed by atoms with Gasteiger partial charge in [-0.05, 0) is 42.1 Å². The molecule has 21 heavy (non-hydrogen) atoms. The summed E-state index contributed by atoms with van der Waals surface area (Å²) in [6, 6.07) is 0. The summed E-state index contributed by atoms with van der Waals surface area (Å²) in [7, 11) is 0. The summed E-state index contributed by atoms with van der Waals surface area (Å²) in [6.45, 7) is 8.96. The normalized spacial score (nSPS) is 14.1. The first kappa shape index (κ1) is 18.2. The molecule has 0 saturated carbocycles. The van der Waals surface area contributed by atoms with Crippen molar-refractivity contribution in [2.75, 3.05) is 0 Å². The molecule has 0 radical (unpaired) electrons. The van der Waals surface area contributed by atoms with Gasteiger partial charge in [-0.3, -0.25) is 9.48 Å². The van der Waals surface area contributed by atoms with Crippen LogP contribution in [0.4, 0.5) is 0 Å². The number of hydrogen-bond acceptors (Lipinski definition) is 2. The average Bonchev–Trinajstić information content (AvgIpc) is 2.78. The molecule has 0 aliphatic heterocycles. The van der Waals surface area contributed by atoms with Crippen molar-refractivity contribution < 1.29 is 9.90 Å². The third kappa shape index (κ3) is 3.87. The first-order valence-electron chi connectivity index (χ1n) is 7.93. The number of carboxylic acids is 1. The van der Waals surface area contributed by atoms with Crippen molar-refractivity contribution in [3.05, 3.63) is 15.9 Å². The molecule has 0 amide bonds. The lowest BCUT2D eigenvalue weighted by Crippen LogP contribution is -2.34. The summed E-state index contributed by atoms with van der Waals surface area (Å²) in [4.78, 5) is 11.9. The van der Waals surface area contributed by atoms with Gasteiger partial charge in [0.2, 0.25) is 0 Å². The Kier molecular flexibility index (Phi) is 6.91. The van der Waals surface area contributed by atoms with Crippen LogP contribution in [0.1, 0.15) is 64.8 Å². The maximum atomic E-state index is 11.9. The van der Waals surface area contributed by atoms with E-state index in [-0.39, 0.29) is 0 Å². The third-order valence-electron chi connectivity index (χ3n) is 4.34. The van der Waals surface area contributed by atoms with E-state index in [0.29, 0.717) is 12.8 Å². The van der Waals surface area contributed by atoms with E-state index in [1.807, 2.05) is 18.5 Å². The topological polar surface area (TPSA) is 55.1 Å². The number of carbonyl (C=O) groups is 1. The van der Waals surface area contributed by atoms with Gasteiger partial charge in [0.15, 0.2) is 0 Å². The quantitative estimate of drug-likeness (QED) is 0.709. The zero-order valence-electron chi connectivity index (χ0n) is 13.6. The largest absolute Gasteiger partial charge is 0.481 e. The number of halogens is 1. The zero-order valence-corrected chi connectivity index (χ0v) is 15.2. The minimum absolute atomic E-state index is 0.542. The summed E-state index contributed by atoms with van der Waals surface area (Å²) in [6.07, 6.45) is 4.72. The molecule has 0 aromatic carbocycles. The van der Waals surface area contributed by atoms with Crippen molar-refractivity contribution in [3.63, 3.8) is 0 Å². The number of rotatable bonds is 9. The molecule has 0 aliphatic rings. The standard InChI is InChI=1S/C16H27BrN2O2/c1-5-9-10-16(7-3,15(20)21)11-13-14(17)12(6-2)18-19(13)8-4/h5-11H2,1-4H3,(H,20,21). The van der Waals surface area contributed by atoms with Gasteiger partial charge < -0.3 is 5.11 Å². The highest BCUT2D eigenvalue weighted by Crippen LogP contribution is 2.36. The summed E-state index contributed by atoms with van der Waals surface area (Å²) < 4.78 is 2.93. The van der Waals surface area contributed by atoms with Crippen LogP contribution in [0.25, 0.3) is 0 Å². The molecule has 1 rings (SSSR count). The number of nitrogens with zero attached hydrogens (tertiary/aromatic N) is 2. The highest BCUT2D eigenvalue weighted by molar-refractivity contribution is 9.10. The first-order valence-corrected chi connectivity index (χ1v) is 8.72. The van der Waals surface area contributed by atoms with Crippen LogP contribution in [0.3, 0.4) is 0 Å². The molecule has 1 heterocycles. The monoisotopic (exact) mass is 358 g/mol. The molecule has 0 aliphatic carbocycles. The summed E-state index contributed by atoms with van der Waals surface area (Å²) in [5.74, 6) is -0.688. The van der Waals surface area contributed by atoms with Crippen molar-refractivity contribution in [3.8, 4) is 0 Å². The van der Waals surface area contributed by atoms with Crippen LogP contribution < -0.4 is 0 Å². The van der Waals surface area contributed by atoms with E-state index in [9.17, 15) is 9.90 Å². The fraction of sp³-hybridized carbons (Fsp3) is 0.750. The van der Waals surface area contributed by atoms with Crippen molar-refractivity contribution in [2.24, 2.45) is 5.41 Å². The lowest BCUT2D eigenvalue weighted by atomic mass is 9.76. The van der Waals surface area contributed by atoms with Gasteiger partial charge in [-0.1, -0.05) is 33.6 Å². The van der Waals surface area contributed by atoms with Crippen LogP contribution in [-0.4, -0.2) is 20.9 Å². The second-order valence-electron chi connectivity index (χ2n) is 5.60. The maximum absolute atomic E-state index is 11.9. The molecule has 1 N–H and O–H groups in total. The van der Waals surface area contributed by atoms with Crippen LogP contribution in [0.5, 0.6) is 0 Å². The van der Waals surface area contributed by atoms with Gasteiger partial charge in [0.1, 0.15) is 0 Å². The lowest BCUT2D eigenvalue weighted by Gasteiger charge is -2.28. The van der Waals surface area contributed by atoms with Gasteiger partial charge in [0.05, 0.1) is 21.3 Å². The summed E-state index contributed by atoms with van der Waals surface area (Å²) >= 11 is 3.63. The average molecular weight is 359 g/mol. The van der Waals surface area contributed by atoms with Crippen LogP contribution in [0.2, 0.25) is 0 Å². The minimum atomic E-state index is -0.688. The Morgan fingerprint density at radius 3 is 2.43 bits per heavy atom. The van der Waals surface area contributed by atoms with Crippen molar-refractivity contribution >= 4 is 21.9 Å². The fourth-order valence-electron chi connectivity index (χ4n) is 2.75. The molecule has 1 aromatic rings. The number of aryl methyl sites for hydroxylation is 2. The second kappa shape index (κ2) is 7.97. The molecule has 4 nitrogen and oxygen atoms in total. The number of unbranched alkanes of at least 4 members (excludes halogenated alkanes) is 1. The predicted molar refractivity (Wildman–Crippen MR) is 88.6 cm³/mol. The van der Waals surface area contributed by atoms with Crippen LogP contribution >= 0.6 is 15.9 Å². The molecule has 5 heteroatoms. The van der Waals surface area contributed by atoms with Gasteiger partial charge in [0.25, 0.3) is 0 Å². The number of hydrogen-bond donors (Lipinski definition) is 1. The van der Waals surface area contributed by atoms with Gasteiger partial charge in [-0.15, -0.1) is 0 Å². The maximum Gasteiger partial charge on any atom is 0.310 e. The highest BCUT2D eigenvalue weighted by atomic mass is 79.9. The zero-order chi connectivity index (χ0) is 16.0. The summed E-state index contributed by atoms with van der Waals surface area (Å²) in [5, 5.41) is 14.4. The van der Waals surface area contributed by atoms with Gasteiger partial charge in [-0.25, -0.2) is 0 Å². The van der Waals surface area contributed by atoms with E-state index >= 15 is 0 Å². The summed E-state index contributed by atoms with van der Waals surface area (Å²) in [5.41, 5.74) is 1.35. The Morgan fingerprint density at radius 1 is 1.33 bits per heavy atom. The van der Waals surface area contributed by atoms with Crippen molar-refractivity contribution in [2.45, 2.75) is 72.8 Å². The number of aromatic nitrogens is 2. The van der Waals surface area contributed by atoms with Gasteiger partial charge in [-0.2, -0.15) is 5.10 Å². The Hall–Kier alpha value is -0.840. The van der Waals surface area contributed by atoms with Crippen molar-refractivity contribution in [1.82, 2.24) is 9.78 Å². The Labute approximate surface area is 136 Å². The molecule has 1 aromatic heterocycles. The molecule has 0 fully saturated rings. The second-order valence-corrected chi connectivity index (χ2v) is 6.39. The first-order chi connectivity index (χ1) is 9.95. The molecule has 1 atom stereocenters. The lowest BCUT2D eigenvalue weighted by molar-refractivity contribution is -0.149. The van der Waals surface area contributed by atoms with Crippen LogP contribution in [0.15, 0.2) is 4.47 Å². The molecular weight excluding hydrogens is 332 g/mol. The van der Waals surface area contributed by atoms with Gasteiger partial charge >= 0.3 is 5.97 Å². The Morgan fingerprint density at radius 2 is 2.00 bits per heavy atom. The van der Waals surface area contributed by atoms with E-state index in [1.54, 1.807) is 0 Å². The van der Waals surface area contributed by atoms with E-state index in [2.05, 4.69) is 34.9 Å². The van der Waals surface area contributed by atoms with Gasteiger partial charge in [0, 0.05) is 13.0 Å². The number of carboxylic acid groups (broad SMARTS) is 1. The van der Waals surface area contributed by atoms with E-state index < -0.39 is 11.4 Å². The Balaban J connectivity index is 3.19. The molecular formula is C16H27BrN2O2. The van der Waals surface area contributed by atoms with E-state index in [0.717, 1.165) is 48.1 Å². The smallest absolute Gasteiger partial charge is 0.310 e. The molecule has 120 valence electrons. The Bertz CT molecular complexity index is 485. The number of aliphatic carboxylic acids is 1. The van der Waals surface area contributed by atoms with Crippen molar-refractivity contribution in [1.29, 1.82) is 0 Å². The van der Waals surface area contributed by atoms with Crippen LogP contribution in [-0.2, 0) is 24.2 Å². The minimum Gasteiger partial charge on any atom is -0.481 e. The SMILES string of the molecule is CCCCC(CC)(Cc1c(Br)c(CC)nn1CC)C(=O)O. The molecule has 1 unspecified atom stereocenters. The van der Waals surface area contributed by atoms with Crippen LogP contribution in [0, 0.1) is 5.41 Å².